The Morgan fingerprint density at radius 1 is 1.04 bits per heavy atom. The Kier molecular flexibility index (Phi) is 8.61. The van der Waals surface area contributed by atoms with E-state index in [1.54, 1.807) is 43.4 Å². The van der Waals surface area contributed by atoms with E-state index in [-0.39, 0.29) is 18.1 Å². The second-order valence-corrected chi connectivity index (χ2v) is 11.3. The fourth-order valence-electron chi connectivity index (χ4n) is 5.92. The summed E-state index contributed by atoms with van der Waals surface area (Å²) in [4.78, 5) is 14.3. The average molecular weight is 618 g/mol. The maximum Gasteiger partial charge on any atom is 0.406 e. The number of hydrogen-bond acceptors (Lipinski definition) is 6. The Morgan fingerprint density at radius 2 is 1.80 bits per heavy atom. The van der Waals surface area contributed by atoms with E-state index in [0.29, 0.717) is 45.8 Å². The first-order chi connectivity index (χ1) is 21.7. The average Bonchev–Trinajstić information content (AvgIpc) is 3.36. The summed E-state index contributed by atoms with van der Waals surface area (Å²) in [6.45, 7) is 1.75. The number of nitrogens with zero attached hydrogens (tertiary/aromatic N) is 2. The number of halogens is 3. The van der Waals surface area contributed by atoms with E-state index >= 15 is 0 Å². The number of alkyl halides is 3. The number of piperidine rings is 1. The lowest BCUT2D eigenvalue weighted by Gasteiger charge is -2.47. The third-order valence-electron chi connectivity index (χ3n) is 8.03. The van der Waals surface area contributed by atoms with Crippen molar-refractivity contribution in [1.82, 2.24) is 14.8 Å². The summed E-state index contributed by atoms with van der Waals surface area (Å²) in [5, 5.41) is 9.70. The first-order valence-electron chi connectivity index (χ1n) is 14.7. The van der Waals surface area contributed by atoms with E-state index in [2.05, 4.69) is 44.8 Å². The Morgan fingerprint density at radius 3 is 2.49 bits per heavy atom. The number of hydrogen-bond donors (Lipinski definition) is 3. The van der Waals surface area contributed by atoms with Gasteiger partial charge in [0.25, 0.3) is 5.91 Å². The lowest BCUT2D eigenvalue weighted by molar-refractivity contribution is -0.182. The van der Waals surface area contributed by atoms with Crippen molar-refractivity contribution in [3.8, 4) is 17.6 Å². The summed E-state index contributed by atoms with van der Waals surface area (Å²) in [7, 11) is 3.03. The molecule has 3 fully saturated rings. The lowest BCUT2D eigenvalue weighted by atomic mass is 9.98. The van der Waals surface area contributed by atoms with Gasteiger partial charge in [-0.2, -0.15) is 13.2 Å². The van der Waals surface area contributed by atoms with Crippen molar-refractivity contribution in [2.24, 2.45) is 0 Å². The van der Waals surface area contributed by atoms with E-state index < -0.39 is 12.7 Å². The lowest BCUT2D eigenvalue weighted by Crippen LogP contribution is -2.56. The van der Waals surface area contributed by atoms with Crippen LogP contribution < -0.4 is 20.7 Å². The molecule has 7 rings (SSSR count). The van der Waals surface area contributed by atoms with Crippen molar-refractivity contribution < 1.29 is 27.4 Å². The molecule has 234 valence electrons. The molecule has 4 aromatic rings. The van der Waals surface area contributed by atoms with Gasteiger partial charge in [-0.05, 0) is 60.0 Å². The summed E-state index contributed by atoms with van der Waals surface area (Å²) in [5.74, 6) is 6.06. The summed E-state index contributed by atoms with van der Waals surface area (Å²) in [6.07, 6.45) is -2.55. The van der Waals surface area contributed by atoms with Gasteiger partial charge in [-0.3, -0.25) is 9.69 Å². The zero-order valence-electron chi connectivity index (χ0n) is 25.0. The molecule has 2 bridgehead atoms. The fourth-order valence-corrected chi connectivity index (χ4v) is 5.92. The highest BCUT2D eigenvalue weighted by atomic mass is 19.4. The maximum atomic E-state index is 13.7. The molecule has 1 amide bonds. The van der Waals surface area contributed by atoms with Gasteiger partial charge in [-0.1, -0.05) is 24.1 Å². The number of methoxy groups -OCH3 is 1. The number of anilines is 3. The van der Waals surface area contributed by atoms with Gasteiger partial charge in [0.15, 0.2) is 0 Å². The zero-order chi connectivity index (χ0) is 31.6. The Labute approximate surface area is 259 Å². The first kappa shape index (κ1) is 30.4. The molecule has 3 aromatic carbocycles. The van der Waals surface area contributed by atoms with Crippen LogP contribution in [0.15, 0.2) is 66.7 Å². The maximum absolute atomic E-state index is 13.7. The Bertz CT molecular complexity index is 1740. The van der Waals surface area contributed by atoms with Crippen LogP contribution >= 0.6 is 0 Å². The third kappa shape index (κ3) is 7.03. The number of carbonyl (C=O) groups excluding carboxylic acids is 1. The molecule has 3 saturated heterocycles. The molecule has 3 aliphatic rings. The second kappa shape index (κ2) is 12.8. The molecule has 1 aromatic heterocycles. The number of fused-ring (bicyclic) bond motifs is 3. The number of aromatic nitrogens is 1. The smallest absolute Gasteiger partial charge is 0.406 e. The molecule has 11 heteroatoms. The van der Waals surface area contributed by atoms with E-state index in [0.717, 1.165) is 31.7 Å². The van der Waals surface area contributed by atoms with Crippen molar-refractivity contribution in [2.45, 2.75) is 37.9 Å². The quantitative estimate of drug-likeness (QED) is 0.208. The summed E-state index contributed by atoms with van der Waals surface area (Å²) >= 11 is 0. The molecule has 0 aliphatic carbocycles. The normalized spacial score (nSPS) is 17.6. The largest absolute Gasteiger partial charge is 0.495 e. The van der Waals surface area contributed by atoms with Gasteiger partial charge >= 0.3 is 6.18 Å². The molecule has 45 heavy (non-hydrogen) atoms. The molecule has 3 aliphatic heterocycles. The molecule has 0 saturated carbocycles. The summed E-state index contributed by atoms with van der Waals surface area (Å²) in [6, 6.07) is 20.0. The van der Waals surface area contributed by atoms with E-state index in [1.165, 1.54) is 17.2 Å². The van der Waals surface area contributed by atoms with Crippen LogP contribution in [0.25, 0.3) is 10.9 Å². The van der Waals surface area contributed by atoms with Crippen LogP contribution in [-0.4, -0.2) is 67.6 Å². The molecule has 0 spiro atoms. The molecule has 2 atom stereocenters. The monoisotopic (exact) mass is 617 g/mol. The van der Waals surface area contributed by atoms with Crippen LogP contribution in [0.3, 0.4) is 0 Å². The van der Waals surface area contributed by atoms with Gasteiger partial charge in [0.1, 0.15) is 12.3 Å². The summed E-state index contributed by atoms with van der Waals surface area (Å²) < 4.78 is 53.3. The minimum atomic E-state index is -4.43. The van der Waals surface area contributed by atoms with Crippen LogP contribution in [-0.2, 0) is 17.8 Å². The molecule has 3 N–H and O–H groups in total. The SMILES string of the molecule is CNC(=O)c1ccc(NCC#Cc2cc3c(Nc4ccc(CN5CC6CC(C5)O6)cc4)cccc3n2CC(F)(F)F)c(OC)c1. The van der Waals surface area contributed by atoms with Gasteiger partial charge in [0, 0.05) is 55.4 Å². The third-order valence-corrected chi connectivity index (χ3v) is 8.03. The summed E-state index contributed by atoms with van der Waals surface area (Å²) in [5.41, 5.74) is 4.45. The first-order valence-corrected chi connectivity index (χ1v) is 14.7. The molecular formula is C34H34F3N5O3. The van der Waals surface area contributed by atoms with E-state index in [4.69, 9.17) is 9.47 Å². The number of ether oxygens (including phenoxy) is 2. The Balaban J connectivity index is 1.19. The molecule has 8 nitrogen and oxygen atoms in total. The van der Waals surface area contributed by atoms with Crippen LogP contribution in [0.5, 0.6) is 5.75 Å². The van der Waals surface area contributed by atoms with E-state index in [9.17, 15) is 18.0 Å². The second-order valence-electron chi connectivity index (χ2n) is 11.3. The van der Waals surface area contributed by atoms with Crippen LogP contribution in [0.2, 0.25) is 0 Å². The fraction of sp³-hybridized carbons (Fsp3) is 0.324. The molecular weight excluding hydrogens is 583 g/mol. The van der Waals surface area contributed by atoms with Crippen molar-refractivity contribution in [1.29, 1.82) is 0 Å². The van der Waals surface area contributed by atoms with Gasteiger partial charge < -0.3 is 30.0 Å². The minimum absolute atomic E-state index is 0.145. The number of nitrogens with one attached hydrogen (secondary N) is 3. The number of amides is 1. The standard InChI is InChI=1S/C34H34F3N5O3/c1-38-33(43)23-10-13-30(32(15-23)44-2)39-14-4-5-25-16-28-29(6-3-7-31(28)42(25)21-34(35,36)37)40-24-11-8-22(9-12-24)18-41-19-26-17-27(20-41)45-26/h3,6-13,15-16,26-27,39-40H,14,17-21H2,1-2H3,(H,38,43). The number of morpholine rings is 1. The van der Waals surface area contributed by atoms with Crippen LogP contribution in [0, 0.1) is 11.8 Å². The highest BCUT2D eigenvalue weighted by molar-refractivity contribution is 5.96. The van der Waals surface area contributed by atoms with Crippen LogP contribution in [0.1, 0.15) is 28.0 Å². The van der Waals surface area contributed by atoms with Crippen molar-refractivity contribution in [3.63, 3.8) is 0 Å². The molecule has 4 heterocycles. The van der Waals surface area contributed by atoms with Gasteiger partial charge in [0.05, 0.1) is 42.8 Å². The van der Waals surface area contributed by atoms with Crippen molar-refractivity contribution >= 4 is 33.9 Å². The molecule has 2 unspecified atom stereocenters. The van der Waals surface area contributed by atoms with Crippen molar-refractivity contribution in [2.75, 3.05) is 44.4 Å². The highest BCUT2D eigenvalue weighted by Crippen LogP contribution is 2.33. The van der Waals surface area contributed by atoms with Gasteiger partial charge in [-0.15, -0.1) is 0 Å². The van der Waals surface area contributed by atoms with Crippen molar-refractivity contribution in [3.05, 3.63) is 83.6 Å². The highest BCUT2D eigenvalue weighted by Gasteiger charge is 2.38. The van der Waals surface area contributed by atoms with Gasteiger partial charge in [0.2, 0.25) is 0 Å². The number of rotatable bonds is 9. The predicted molar refractivity (Wildman–Crippen MR) is 168 cm³/mol. The zero-order valence-corrected chi connectivity index (χ0v) is 25.0. The minimum Gasteiger partial charge on any atom is -0.495 e. The van der Waals surface area contributed by atoms with E-state index in [1.807, 2.05) is 18.2 Å². The van der Waals surface area contributed by atoms with Crippen LogP contribution in [0.4, 0.5) is 30.2 Å². The number of benzene rings is 3. The molecule has 0 radical (unpaired) electrons. The number of carbonyl (C=O) groups is 1. The topological polar surface area (TPSA) is 79.8 Å². The Hall–Kier alpha value is -4.66. The van der Waals surface area contributed by atoms with Gasteiger partial charge in [-0.25, -0.2) is 0 Å². The predicted octanol–water partition coefficient (Wildman–Crippen LogP) is 5.75.